The Hall–Kier alpha value is -1.02. The molecule has 1 aliphatic heterocycles. The summed E-state index contributed by atoms with van der Waals surface area (Å²) in [6.07, 6.45) is 0. The van der Waals surface area contributed by atoms with Gasteiger partial charge in [0.05, 0.1) is 12.4 Å². The van der Waals surface area contributed by atoms with E-state index in [0.29, 0.717) is 0 Å². The second-order valence-electron chi connectivity index (χ2n) is 2.83. The first-order valence-corrected chi connectivity index (χ1v) is 4.20. The average molecular weight is 181 g/mol. The van der Waals surface area contributed by atoms with E-state index in [2.05, 4.69) is 10.3 Å². The number of rotatable bonds is 0. The first-order valence-electron chi connectivity index (χ1n) is 3.82. The minimum atomic E-state index is 0.731. The van der Waals surface area contributed by atoms with Crippen LogP contribution in [0.2, 0.25) is 5.02 Å². The lowest BCUT2D eigenvalue weighted by Gasteiger charge is -2.15. The summed E-state index contributed by atoms with van der Waals surface area (Å²) in [4.78, 5) is 4.26. The number of amidine groups is 1. The molecule has 0 radical (unpaired) electrons. The topological polar surface area (TPSA) is 24.4 Å². The van der Waals surface area contributed by atoms with Crippen LogP contribution in [0.15, 0.2) is 23.2 Å². The van der Waals surface area contributed by atoms with Crippen LogP contribution in [0.1, 0.15) is 12.5 Å². The first-order chi connectivity index (χ1) is 5.75. The summed E-state index contributed by atoms with van der Waals surface area (Å²) in [7, 11) is 0. The Labute approximate surface area is 76.3 Å². The highest BCUT2D eigenvalue weighted by atomic mass is 35.5. The molecule has 12 heavy (non-hydrogen) atoms. The van der Waals surface area contributed by atoms with Crippen molar-refractivity contribution in [2.24, 2.45) is 4.99 Å². The van der Waals surface area contributed by atoms with Gasteiger partial charge >= 0.3 is 0 Å². The third-order valence-electron chi connectivity index (χ3n) is 1.87. The summed E-state index contributed by atoms with van der Waals surface area (Å²) in [6.45, 7) is 2.69. The maximum absolute atomic E-state index is 5.84. The molecule has 0 bridgehead atoms. The molecule has 1 N–H and O–H groups in total. The lowest BCUT2D eigenvalue weighted by molar-refractivity contribution is 1.04. The number of hydrogen-bond donors (Lipinski definition) is 1. The summed E-state index contributed by atoms with van der Waals surface area (Å²) in [5, 5.41) is 3.95. The molecule has 1 aromatic carbocycles. The molecular formula is C9H9ClN2. The van der Waals surface area contributed by atoms with Crippen molar-refractivity contribution >= 4 is 23.1 Å². The molecule has 2 rings (SSSR count). The summed E-state index contributed by atoms with van der Waals surface area (Å²) in [6, 6.07) is 5.81. The van der Waals surface area contributed by atoms with Gasteiger partial charge in [0, 0.05) is 10.7 Å². The third-order valence-corrected chi connectivity index (χ3v) is 2.10. The van der Waals surface area contributed by atoms with E-state index in [1.807, 2.05) is 25.1 Å². The highest BCUT2D eigenvalue weighted by Gasteiger charge is 2.07. The number of anilines is 1. The Balaban J connectivity index is 2.43. The molecule has 1 heterocycles. The van der Waals surface area contributed by atoms with Crippen molar-refractivity contribution in [2.45, 2.75) is 13.5 Å². The van der Waals surface area contributed by atoms with Gasteiger partial charge in [-0.1, -0.05) is 11.6 Å². The van der Waals surface area contributed by atoms with E-state index in [-0.39, 0.29) is 0 Å². The Bertz CT molecular complexity index is 344. The van der Waals surface area contributed by atoms with Crippen molar-refractivity contribution in [3.8, 4) is 0 Å². The zero-order chi connectivity index (χ0) is 8.55. The van der Waals surface area contributed by atoms with E-state index in [0.717, 1.165) is 28.7 Å². The molecule has 0 amide bonds. The number of benzene rings is 1. The largest absolute Gasteiger partial charge is 0.344 e. The molecule has 2 nitrogen and oxygen atoms in total. The number of hydrogen-bond acceptors (Lipinski definition) is 2. The summed E-state index contributed by atoms with van der Waals surface area (Å²) in [5.41, 5.74) is 2.28. The molecule has 0 unspecified atom stereocenters. The van der Waals surface area contributed by atoms with Crippen LogP contribution < -0.4 is 5.32 Å². The molecular weight excluding hydrogens is 172 g/mol. The fourth-order valence-corrected chi connectivity index (χ4v) is 1.45. The minimum absolute atomic E-state index is 0.731. The zero-order valence-corrected chi connectivity index (χ0v) is 7.52. The fraction of sp³-hybridized carbons (Fsp3) is 0.222. The number of aliphatic imine (C=N–C) groups is 1. The van der Waals surface area contributed by atoms with Gasteiger partial charge in [0.25, 0.3) is 0 Å². The van der Waals surface area contributed by atoms with E-state index in [4.69, 9.17) is 11.6 Å². The molecule has 0 fully saturated rings. The van der Waals surface area contributed by atoms with Crippen LogP contribution in [-0.2, 0) is 6.54 Å². The first kappa shape index (κ1) is 7.62. The van der Waals surface area contributed by atoms with Crippen LogP contribution in [0.25, 0.3) is 0 Å². The van der Waals surface area contributed by atoms with Gasteiger partial charge in [0.2, 0.25) is 0 Å². The number of nitrogens with one attached hydrogen (secondary N) is 1. The summed E-state index contributed by atoms with van der Waals surface area (Å²) >= 11 is 5.84. The van der Waals surface area contributed by atoms with Gasteiger partial charge in [-0.25, -0.2) is 0 Å². The maximum Gasteiger partial charge on any atom is 0.0979 e. The second kappa shape index (κ2) is 2.79. The Morgan fingerprint density at radius 2 is 2.33 bits per heavy atom. The van der Waals surface area contributed by atoms with E-state index in [9.17, 15) is 0 Å². The lowest BCUT2D eigenvalue weighted by atomic mass is 10.1. The molecule has 3 heteroatoms. The zero-order valence-electron chi connectivity index (χ0n) is 6.76. The number of fused-ring (bicyclic) bond motifs is 1. The van der Waals surface area contributed by atoms with Crippen molar-refractivity contribution in [2.75, 3.05) is 5.32 Å². The predicted molar refractivity (Wildman–Crippen MR) is 51.9 cm³/mol. The molecule has 0 atom stereocenters. The molecule has 62 valence electrons. The fourth-order valence-electron chi connectivity index (χ4n) is 1.25. The number of halogens is 1. The molecule has 1 aliphatic rings. The van der Waals surface area contributed by atoms with Crippen LogP contribution >= 0.6 is 11.6 Å². The highest BCUT2D eigenvalue weighted by molar-refractivity contribution is 6.30. The standard InChI is InChI=1S/C9H9ClN2/c1-6-11-5-7-4-8(10)2-3-9(7)12-6/h2-4H,5H2,1H3,(H,11,12). The predicted octanol–water partition coefficient (Wildman–Crippen LogP) is 2.68. The van der Waals surface area contributed by atoms with Crippen LogP contribution in [0.5, 0.6) is 0 Å². The smallest absolute Gasteiger partial charge is 0.0979 e. The van der Waals surface area contributed by atoms with Gasteiger partial charge in [0.15, 0.2) is 0 Å². The average Bonchev–Trinajstić information content (AvgIpc) is 2.05. The van der Waals surface area contributed by atoms with Crippen molar-refractivity contribution in [1.29, 1.82) is 0 Å². The Morgan fingerprint density at radius 3 is 3.17 bits per heavy atom. The van der Waals surface area contributed by atoms with Crippen molar-refractivity contribution in [3.63, 3.8) is 0 Å². The third kappa shape index (κ3) is 1.30. The molecule has 0 spiro atoms. The van der Waals surface area contributed by atoms with Crippen LogP contribution in [0.4, 0.5) is 5.69 Å². The van der Waals surface area contributed by atoms with Gasteiger partial charge in [-0.05, 0) is 30.7 Å². The Kier molecular flexibility index (Phi) is 1.77. The van der Waals surface area contributed by atoms with Gasteiger partial charge in [-0.2, -0.15) is 0 Å². The lowest BCUT2D eigenvalue weighted by Crippen LogP contribution is -2.13. The molecule has 0 saturated heterocycles. The van der Waals surface area contributed by atoms with Gasteiger partial charge in [-0.15, -0.1) is 0 Å². The summed E-state index contributed by atoms with van der Waals surface area (Å²) < 4.78 is 0. The number of nitrogens with zero attached hydrogens (tertiary/aromatic N) is 1. The molecule has 0 aromatic heterocycles. The van der Waals surface area contributed by atoms with Gasteiger partial charge in [0.1, 0.15) is 0 Å². The quantitative estimate of drug-likeness (QED) is 0.652. The van der Waals surface area contributed by atoms with Gasteiger partial charge in [-0.3, -0.25) is 4.99 Å². The van der Waals surface area contributed by atoms with E-state index >= 15 is 0 Å². The monoisotopic (exact) mass is 180 g/mol. The normalized spacial score (nSPS) is 14.7. The Morgan fingerprint density at radius 1 is 1.50 bits per heavy atom. The molecule has 0 saturated carbocycles. The molecule has 1 aromatic rings. The van der Waals surface area contributed by atoms with E-state index in [1.54, 1.807) is 0 Å². The summed E-state index contributed by atoms with van der Waals surface area (Å²) in [5.74, 6) is 0.963. The van der Waals surface area contributed by atoms with E-state index in [1.165, 1.54) is 0 Å². The highest BCUT2D eigenvalue weighted by Crippen LogP contribution is 2.23. The van der Waals surface area contributed by atoms with Crippen LogP contribution in [0, 0.1) is 0 Å². The van der Waals surface area contributed by atoms with E-state index < -0.39 is 0 Å². The minimum Gasteiger partial charge on any atom is -0.344 e. The van der Waals surface area contributed by atoms with Crippen molar-refractivity contribution in [3.05, 3.63) is 28.8 Å². The maximum atomic E-state index is 5.84. The molecule has 0 aliphatic carbocycles. The van der Waals surface area contributed by atoms with Gasteiger partial charge < -0.3 is 5.32 Å². The SMILES string of the molecule is CC1=NCc2cc(Cl)ccc2N1. The van der Waals surface area contributed by atoms with Crippen molar-refractivity contribution in [1.82, 2.24) is 0 Å². The van der Waals surface area contributed by atoms with Crippen molar-refractivity contribution < 1.29 is 0 Å². The van der Waals surface area contributed by atoms with Crippen LogP contribution in [0.3, 0.4) is 0 Å². The second-order valence-corrected chi connectivity index (χ2v) is 3.26. The van der Waals surface area contributed by atoms with Crippen LogP contribution in [-0.4, -0.2) is 5.84 Å².